The van der Waals surface area contributed by atoms with Gasteiger partial charge >= 0.3 is 0 Å². The maximum atomic E-state index is 12.6. The van der Waals surface area contributed by atoms with E-state index in [0.29, 0.717) is 32.3 Å². The van der Waals surface area contributed by atoms with E-state index in [4.69, 9.17) is 26.2 Å². The van der Waals surface area contributed by atoms with Crippen molar-refractivity contribution >= 4 is 36.0 Å². The van der Waals surface area contributed by atoms with Crippen molar-refractivity contribution in [2.24, 2.45) is 5.73 Å². The lowest BCUT2D eigenvalue weighted by molar-refractivity contribution is -0.131. The van der Waals surface area contributed by atoms with E-state index < -0.39 is 6.04 Å². The third-order valence-electron chi connectivity index (χ3n) is 7.19. The topological polar surface area (TPSA) is 140 Å². The molecule has 1 amide bonds. The predicted octanol–water partition coefficient (Wildman–Crippen LogP) is 0.863. The van der Waals surface area contributed by atoms with Crippen LogP contribution >= 0.6 is 12.4 Å². The van der Waals surface area contributed by atoms with Crippen LogP contribution in [-0.4, -0.2) is 87.8 Å². The number of amides is 1. The van der Waals surface area contributed by atoms with Gasteiger partial charge in [-0.2, -0.15) is 4.98 Å². The summed E-state index contributed by atoms with van der Waals surface area (Å²) in [4.78, 5) is 37.5. The van der Waals surface area contributed by atoms with E-state index in [0.717, 1.165) is 48.6 Å². The number of hydrogen-bond acceptors (Lipinski definition) is 10. The first-order valence-corrected chi connectivity index (χ1v) is 11.9. The zero-order valence-electron chi connectivity index (χ0n) is 20.5. The van der Waals surface area contributed by atoms with E-state index in [1.165, 1.54) is 0 Å². The van der Waals surface area contributed by atoms with Crippen molar-refractivity contribution in [2.75, 3.05) is 54.9 Å². The summed E-state index contributed by atoms with van der Waals surface area (Å²) >= 11 is 0. The smallest absolute Gasteiger partial charge is 0.239 e. The molecule has 3 aliphatic rings. The molecule has 0 saturated carbocycles. The van der Waals surface area contributed by atoms with E-state index >= 15 is 0 Å². The molecule has 4 N–H and O–H groups in total. The highest BCUT2D eigenvalue weighted by atomic mass is 35.5. The van der Waals surface area contributed by atoms with Crippen molar-refractivity contribution in [3.05, 3.63) is 18.0 Å². The molecule has 11 nitrogen and oxygen atoms in total. The number of nitrogen functional groups attached to an aromatic ring is 1. The van der Waals surface area contributed by atoms with Gasteiger partial charge in [0.2, 0.25) is 17.8 Å². The van der Waals surface area contributed by atoms with Crippen LogP contribution in [0.3, 0.4) is 0 Å². The minimum absolute atomic E-state index is 0. The molecule has 0 radical (unpaired) electrons. The summed E-state index contributed by atoms with van der Waals surface area (Å²) in [7, 11) is 0. The van der Waals surface area contributed by atoms with E-state index in [-0.39, 0.29) is 35.8 Å². The Labute approximate surface area is 211 Å². The standard InChI is InChI=1S/C23H33N9O2.ClH/c1-14-12-34-9-8-31(14)22-28-18(16-10-26-21(25)27-11-16)17-4-6-32(19(17)29-22)23(3)5-7-30(13-23)20(33)15(2)24;/h10-11,14-15H,4-9,12-13,24H2,1-3H3,(H2,25,26,27);1H/t14-,15+,23-;/m0./s1. The molecule has 5 rings (SSSR count). The Balaban J connectivity index is 0.00000289. The lowest BCUT2D eigenvalue weighted by atomic mass is 9.99. The number of nitrogens with two attached hydrogens (primary N) is 2. The van der Waals surface area contributed by atoms with Crippen LogP contribution in [0.15, 0.2) is 12.4 Å². The van der Waals surface area contributed by atoms with Gasteiger partial charge in [-0.15, -0.1) is 12.4 Å². The van der Waals surface area contributed by atoms with Gasteiger partial charge in [0.1, 0.15) is 5.82 Å². The number of ether oxygens (including phenoxy) is 1. The molecule has 2 saturated heterocycles. The molecule has 3 atom stereocenters. The van der Waals surface area contributed by atoms with Gasteiger partial charge in [-0.3, -0.25) is 4.79 Å². The van der Waals surface area contributed by atoms with E-state index in [2.05, 4.69) is 33.6 Å². The zero-order valence-corrected chi connectivity index (χ0v) is 21.3. The van der Waals surface area contributed by atoms with Crippen molar-refractivity contribution < 1.29 is 9.53 Å². The number of aromatic nitrogens is 4. The predicted molar refractivity (Wildman–Crippen MR) is 137 cm³/mol. The highest BCUT2D eigenvalue weighted by molar-refractivity contribution is 5.85. The molecule has 0 aliphatic carbocycles. The molecule has 0 bridgehead atoms. The van der Waals surface area contributed by atoms with Gasteiger partial charge in [0.25, 0.3) is 0 Å². The SMILES string of the molecule is C[C@@H](N)C(=O)N1CC[C@](C)(N2CCc3c(-c4cnc(N)nc4)nc(N4CCOC[C@@H]4C)nc32)C1.Cl. The summed E-state index contributed by atoms with van der Waals surface area (Å²) < 4.78 is 5.64. The monoisotopic (exact) mass is 503 g/mol. The molecule has 0 unspecified atom stereocenters. The van der Waals surface area contributed by atoms with Gasteiger partial charge in [-0.05, 0) is 33.6 Å². The van der Waals surface area contributed by atoms with Crippen LogP contribution in [0.5, 0.6) is 0 Å². The van der Waals surface area contributed by atoms with Crippen LogP contribution in [0, 0.1) is 0 Å². The highest BCUT2D eigenvalue weighted by Gasteiger charge is 2.45. The fourth-order valence-electron chi connectivity index (χ4n) is 5.26. The molecule has 12 heteroatoms. The average molecular weight is 504 g/mol. The largest absolute Gasteiger partial charge is 0.377 e. The van der Waals surface area contributed by atoms with E-state index in [1.54, 1.807) is 19.3 Å². The lowest BCUT2D eigenvalue weighted by Gasteiger charge is -2.38. The Morgan fingerprint density at radius 1 is 1.23 bits per heavy atom. The highest BCUT2D eigenvalue weighted by Crippen LogP contribution is 2.41. The maximum Gasteiger partial charge on any atom is 0.239 e. The zero-order chi connectivity index (χ0) is 24.0. The first-order valence-electron chi connectivity index (χ1n) is 11.9. The van der Waals surface area contributed by atoms with Crippen LogP contribution in [0.2, 0.25) is 0 Å². The average Bonchev–Trinajstić information content (AvgIpc) is 3.43. The Morgan fingerprint density at radius 3 is 2.66 bits per heavy atom. The number of rotatable bonds is 4. The minimum atomic E-state index is -0.498. The molecule has 5 heterocycles. The summed E-state index contributed by atoms with van der Waals surface area (Å²) in [6.07, 6.45) is 5.12. The van der Waals surface area contributed by atoms with Gasteiger partial charge in [0, 0.05) is 49.7 Å². The molecule has 190 valence electrons. The summed E-state index contributed by atoms with van der Waals surface area (Å²) in [5, 5.41) is 0. The molecule has 0 aromatic carbocycles. The van der Waals surface area contributed by atoms with Crippen LogP contribution < -0.4 is 21.3 Å². The number of halogens is 1. The second-order valence-corrected chi connectivity index (χ2v) is 9.82. The summed E-state index contributed by atoms with van der Waals surface area (Å²) in [5.74, 6) is 1.83. The van der Waals surface area contributed by atoms with Gasteiger partial charge in [0.05, 0.1) is 36.5 Å². The molecule has 0 spiro atoms. The molecular weight excluding hydrogens is 470 g/mol. The third-order valence-corrected chi connectivity index (χ3v) is 7.19. The second kappa shape index (κ2) is 9.71. The fourth-order valence-corrected chi connectivity index (χ4v) is 5.26. The molecule has 35 heavy (non-hydrogen) atoms. The molecule has 2 fully saturated rings. The third kappa shape index (κ3) is 4.60. The van der Waals surface area contributed by atoms with E-state index in [1.807, 2.05) is 4.90 Å². The first kappa shape index (κ1) is 25.3. The summed E-state index contributed by atoms with van der Waals surface area (Å²) in [6.45, 7) is 10.2. The van der Waals surface area contributed by atoms with E-state index in [9.17, 15) is 4.79 Å². The van der Waals surface area contributed by atoms with Gasteiger partial charge < -0.3 is 30.9 Å². The van der Waals surface area contributed by atoms with Crippen LogP contribution in [0.25, 0.3) is 11.3 Å². The Kier molecular flexibility index (Phi) is 7.03. The lowest BCUT2D eigenvalue weighted by Crippen LogP contribution is -2.50. The quantitative estimate of drug-likeness (QED) is 0.617. The Hall–Kier alpha value is -2.76. The number of nitrogens with zero attached hydrogens (tertiary/aromatic N) is 7. The van der Waals surface area contributed by atoms with Crippen LogP contribution in [-0.2, 0) is 16.0 Å². The van der Waals surface area contributed by atoms with Crippen molar-refractivity contribution in [1.29, 1.82) is 0 Å². The Bertz CT molecular complexity index is 1080. The minimum Gasteiger partial charge on any atom is -0.377 e. The number of likely N-dealkylation sites (tertiary alicyclic amines) is 1. The van der Waals surface area contributed by atoms with Gasteiger partial charge in [0.15, 0.2) is 0 Å². The fraction of sp³-hybridized carbons (Fsp3) is 0.609. The molecule has 2 aromatic heterocycles. The second-order valence-electron chi connectivity index (χ2n) is 9.82. The maximum absolute atomic E-state index is 12.6. The molecule has 2 aromatic rings. The molecular formula is C23H34ClN9O2. The van der Waals surface area contributed by atoms with Crippen molar-refractivity contribution in [3.63, 3.8) is 0 Å². The Morgan fingerprint density at radius 2 is 1.97 bits per heavy atom. The van der Waals surface area contributed by atoms with Crippen molar-refractivity contribution in [3.8, 4) is 11.3 Å². The molecule has 3 aliphatic heterocycles. The normalized spacial score (nSPS) is 24.8. The van der Waals surface area contributed by atoms with Crippen molar-refractivity contribution in [2.45, 2.75) is 51.2 Å². The van der Waals surface area contributed by atoms with Gasteiger partial charge in [-0.25, -0.2) is 15.0 Å². The summed E-state index contributed by atoms with van der Waals surface area (Å²) in [6, 6.07) is -0.333. The number of carbonyl (C=O) groups excluding carboxylic acids is 1. The van der Waals surface area contributed by atoms with Crippen LogP contribution in [0.1, 0.15) is 32.8 Å². The van der Waals surface area contributed by atoms with Gasteiger partial charge in [-0.1, -0.05) is 0 Å². The number of carbonyl (C=O) groups is 1. The summed E-state index contributed by atoms with van der Waals surface area (Å²) in [5.41, 5.74) is 14.1. The first-order chi connectivity index (χ1) is 16.3. The number of morpholine rings is 1. The number of anilines is 3. The van der Waals surface area contributed by atoms with Crippen LogP contribution in [0.4, 0.5) is 17.7 Å². The number of hydrogen-bond donors (Lipinski definition) is 2. The number of fused-ring (bicyclic) bond motifs is 1. The van der Waals surface area contributed by atoms with Crippen molar-refractivity contribution in [1.82, 2.24) is 24.8 Å².